The molecule has 3 aromatic carbocycles. The Morgan fingerprint density at radius 1 is 0.862 bits per heavy atom. The summed E-state index contributed by atoms with van der Waals surface area (Å²) < 4.78 is 47.6. The zero-order chi connectivity index (χ0) is 62.8. The van der Waals surface area contributed by atoms with E-state index in [1.54, 1.807) is 78.9 Å². The molecular weight excluding hydrogens is 1190 g/mol. The number of hydrogen-bond acceptors (Lipinski definition) is 23. The van der Waals surface area contributed by atoms with Crippen LogP contribution < -0.4 is 21.8 Å². The summed E-state index contributed by atoms with van der Waals surface area (Å²) in [6.07, 6.45) is -10.5. The minimum absolute atomic E-state index is 0.0156. The molecule has 8 rings (SSSR count). The highest BCUT2D eigenvalue weighted by atomic mass is 33.1. The number of ether oxygens (including phenoxy) is 8. The standard InChI is InChI=1S/C60H66N6O18S3/c1-33-41(30-60(76)50(83-52(72)38-21-14-9-15-22-38)48-58(6,42(69)29-43-59(48,32-79-43)84-35(3)68)49(70)46(80-34(2)67)44(33)57(60,4)5)81-53(73)47(45(36-17-10-7-11-18-36)65-51(71)37-19-12-8-13-20-37)82-56(75)78-26-28-87-86-27-25-77-55(74)64-39-23-16-24-62-40(39)31-63-66-54(61)85/h7-24,31,41-43,45-48,50,69,76H,25-30,32H2,1-6H3,(H,64,74)(H,65,71)(H3,61,66,85)/t41?,42-,43+,45-,46+,47+,48-,50?,58+,59-,60+/m0/s1. The van der Waals surface area contributed by atoms with Crippen molar-refractivity contribution in [1.82, 2.24) is 15.7 Å². The first-order valence-electron chi connectivity index (χ1n) is 27.5. The number of thiocarbonyl (C=S) groups is 1. The molecule has 1 aromatic heterocycles. The van der Waals surface area contributed by atoms with Crippen LogP contribution in [0.1, 0.15) is 92.4 Å². The summed E-state index contributed by atoms with van der Waals surface area (Å²) >= 11 is 4.74. The van der Waals surface area contributed by atoms with Gasteiger partial charge in [-0.05, 0) is 79.2 Å². The number of nitrogens with two attached hydrogens (primary N) is 1. The number of aliphatic hydroxyl groups is 2. The van der Waals surface area contributed by atoms with Crippen LogP contribution in [0.25, 0.3) is 0 Å². The summed E-state index contributed by atoms with van der Waals surface area (Å²) in [5, 5.41) is 35.5. The molecule has 2 saturated carbocycles. The second-order valence-electron chi connectivity index (χ2n) is 21.6. The van der Waals surface area contributed by atoms with Crippen molar-refractivity contribution in [3.63, 3.8) is 0 Å². The zero-order valence-corrected chi connectivity index (χ0v) is 50.6. The molecule has 2 bridgehead atoms. The number of hydrazone groups is 1. The normalized spacial score (nSPS) is 25.8. The van der Waals surface area contributed by atoms with Crippen molar-refractivity contribution in [2.24, 2.45) is 27.6 Å². The van der Waals surface area contributed by atoms with Gasteiger partial charge < -0.3 is 59.2 Å². The van der Waals surface area contributed by atoms with E-state index in [0.29, 0.717) is 17.1 Å². The molecule has 462 valence electrons. The molecular formula is C60H66N6O18S3. The Morgan fingerprint density at radius 3 is 2.10 bits per heavy atom. The summed E-state index contributed by atoms with van der Waals surface area (Å²) in [6.45, 7) is 7.45. The lowest BCUT2D eigenvalue weighted by Crippen LogP contribution is -2.82. The van der Waals surface area contributed by atoms with E-state index < -0.39 is 125 Å². The lowest BCUT2D eigenvalue weighted by atomic mass is 9.44. The van der Waals surface area contributed by atoms with E-state index in [0.717, 1.165) is 13.8 Å². The minimum atomic E-state index is -2.52. The molecule has 0 spiro atoms. The molecule has 4 aliphatic rings. The third-order valence-corrected chi connectivity index (χ3v) is 18.4. The molecule has 1 saturated heterocycles. The number of aromatic nitrogens is 1. The van der Waals surface area contributed by atoms with Gasteiger partial charge in [0.25, 0.3) is 5.91 Å². The van der Waals surface area contributed by atoms with Gasteiger partial charge in [0, 0.05) is 55.4 Å². The molecule has 0 radical (unpaired) electrons. The van der Waals surface area contributed by atoms with Crippen LogP contribution >= 0.6 is 33.8 Å². The highest BCUT2D eigenvalue weighted by Crippen LogP contribution is 2.64. The predicted molar refractivity (Wildman–Crippen MR) is 320 cm³/mol. The van der Waals surface area contributed by atoms with E-state index in [2.05, 4.69) is 26.1 Å². The molecule has 87 heavy (non-hydrogen) atoms. The Bertz CT molecular complexity index is 3310. The van der Waals surface area contributed by atoms with Crippen molar-refractivity contribution in [1.29, 1.82) is 0 Å². The van der Waals surface area contributed by atoms with Gasteiger partial charge in [-0.1, -0.05) is 102 Å². The molecule has 1 aliphatic heterocycles. The molecule has 11 atom stereocenters. The SMILES string of the molecule is CC(=O)O[C@H]1C(=O)[C@@]2(C)[C@H](C(OC(=O)c3ccccc3)[C@]3(O)CC(OC(=O)[C@H](OC(=O)OCCSSCCOC(=O)Nc4cccnc4C=NNC(N)=S)[C@@H](NC(=O)c4ccccc4)c4ccccc4)C(C)=C1C3(C)C)[C@]1(OC(C)=O)CO[C@@H]1C[C@@H]2O. The molecule has 2 unspecified atom stereocenters. The lowest BCUT2D eigenvalue weighted by Gasteiger charge is -2.67. The second-order valence-corrected chi connectivity index (χ2v) is 24.8. The number of amides is 2. The topological polar surface area (TPSA) is 338 Å². The summed E-state index contributed by atoms with van der Waals surface area (Å²) in [7, 11) is 2.55. The fourth-order valence-electron chi connectivity index (χ4n) is 11.8. The highest BCUT2D eigenvalue weighted by molar-refractivity contribution is 8.76. The molecule has 2 amide bonds. The number of carbonyl (C=O) groups is 8. The number of pyridine rings is 1. The van der Waals surface area contributed by atoms with Crippen LogP contribution in [0.3, 0.4) is 0 Å². The number of ketones is 1. The number of carbonyl (C=O) groups excluding carboxylic acids is 8. The van der Waals surface area contributed by atoms with E-state index in [1.165, 1.54) is 86.0 Å². The first-order chi connectivity index (χ1) is 41.4. The Morgan fingerprint density at radius 2 is 1.49 bits per heavy atom. The predicted octanol–water partition coefficient (Wildman–Crippen LogP) is 6.09. The molecule has 7 N–H and O–H groups in total. The quantitative estimate of drug-likeness (QED) is 0.00803. The van der Waals surface area contributed by atoms with Crippen LogP contribution in [0, 0.1) is 16.7 Å². The van der Waals surface area contributed by atoms with E-state index in [9.17, 15) is 39.0 Å². The Balaban J connectivity index is 1.09. The number of aliphatic hydroxyl groups excluding tert-OH is 1. The van der Waals surface area contributed by atoms with Crippen molar-refractivity contribution >= 4 is 98.6 Å². The van der Waals surface area contributed by atoms with Crippen LogP contribution in [0.15, 0.2) is 126 Å². The number of nitrogens with one attached hydrogen (secondary N) is 3. The van der Waals surface area contributed by atoms with Crippen LogP contribution in [0.4, 0.5) is 15.3 Å². The third-order valence-electron chi connectivity index (χ3n) is 16.0. The van der Waals surface area contributed by atoms with Gasteiger partial charge in [-0.2, -0.15) is 5.10 Å². The number of hydrogen-bond donors (Lipinski definition) is 6. The van der Waals surface area contributed by atoms with Crippen LogP contribution in [-0.4, -0.2) is 153 Å². The number of fused-ring (bicyclic) bond motifs is 5. The number of nitrogens with zero attached hydrogens (tertiary/aromatic N) is 2. The summed E-state index contributed by atoms with van der Waals surface area (Å²) in [6, 6.07) is 25.5. The number of benzene rings is 3. The number of rotatable bonds is 21. The lowest BCUT2D eigenvalue weighted by molar-refractivity contribution is -0.346. The molecule has 3 fully saturated rings. The number of esters is 4. The van der Waals surface area contributed by atoms with E-state index >= 15 is 9.59 Å². The first-order valence-corrected chi connectivity index (χ1v) is 30.4. The van der Waals surface area contributed by atoms with Crippen LogP contribution in [0.2, 0.25) is 0 Å². The zero-order valence-electron chi connectivity index (χ0n) is 48.2. The Labute approximate surface area is 513 Å². The van der Waals surface area contributed by atoms with Crippen molar-refractivity contribution in [2.75, 3.05) is 36.6 Å². The van der Waals surface area contributed by atoms with Crippen LogP contribution in [0.5, 0.6) is 0 Å². The van der Waals surface area contributed by atoms with Crippen LogP contribution in [-0.2, 0) is 57.1 Å². The highest BCUT2D eigenvalue weighted by Gasteiger charge is 2.78. The minimum Gasteiger partial charge on any atom is -0.455 e. The van der Waals surface area contributed by atoms with E-state index in [1.807, 2.05) is 0 Å². The van der Waals surface area contributed by atoms with E-state index in [-0.39, 0.29) is 64.9 Å². The number of anilines is 1. The molecule has 2 heterocycles. The molecule has 3 aliphatic carbocycles. The van der Waals surface area contributed by atoms with Gasteiger partial charge in [0.05, 0.1) is 41.5 Å². The smallest absolute Gasteiger partial charge is 0.455 e. The van der Waals surface area contributed by atoms with Gasteiger partial charge in [0.15, 0.2) is 22.6 Å². The summed E-state index contributed by atoms with van der Waals surface area (Å²) in [5.41, 5.74) is 0.567. The van der Waals surface area contributed by atoms with Crippen molar-refractivity contribution in [3.8, 4) is 0 Å². The third kappa shape index (κ3) is 14.1. The maximum absolute atomic E-state index is 15.8. The summed E-state index contributed by atoms with van der Waals surface area (Å²) in [4.78, 5) is 117. The maximum atomic E-state index is 15.8. The van der Waals surface area contributed by atoms with Gasteiger partial charge in [-0.25, -0.2) is 19.2 Å². The fraction of sp³-hybridized carbons (Fsp3) is 0.417. The average molecular weight is 1260 g/mol. The van der Waals surface area contributed by atoms with Gasteiger partial charge >= 0.3 is 36.1 Å². The largest absolute Gasteiger partial charge is 0.509 e. The average Bonchev–Trinajstić information content (AvgIpc) is 0.726. The van der Waals surface area contributed by atoms with E-state index in [4.69, 9.17) is 55.8 Å². The number of Topliss-reactive ketones (excluding diaryl/α,β-unsaturated/α-hetero) is 1. The molecule has 24 nitrogen and oxygen atoms in total. The van der Waals surface area contributed by atoms with Crippen molar-refractivity contribution in [3.05, 3.63) is 143 Å². The Kier molecular flexibility index (Phi) is 20.8. The molecule has 27 heteroatoms. The fourth-order valence-corrected chi connectivity index (χ4v) is 13.5. The van der Waals surface area contributed by atoms with Gasteiger partial charge in [-0.15, -0.1) is 0 Å². The van der Waals surface area contributed by atoms with Crippen molar-refractivity contribution in [2.45, 2.75) is 108 Å². The van der Waals surface area contributed by atoms with Gasteiger partial charge in [-0.3, -0.25) is 34.9 Å². The summed E-state index contributed by atoms with van der Waals surface area (Å²) in [5.74, 6) is -6.83. The van der Waals surface area contributed by atoms with Gasteiger partial charge in [0.2, 0.25) is 6.10 Å². The van der Waals surface area contributed by atoms with Crippen molar-refractivity contribution < 1.29 is 86.5 Å². The van der Waals surface area contributed by atoms with Gasteiger partial charge in [0.1, 0.15) is 48.9 Å². The molecule has 4 aromatic rings. The first kappa shape index (κ1) is 65.0. The maximum Gasteiger partial charge on any atom is 0.509 e. The second kappa shape index (κ2) is 27.8. The Hall–Kier alpha value is -7.95. The monoisotopic (exact) mass is 1250 g/mol.